The number of nitrogens with zero attached hydrogens (tertiary/aromatic N) is 1. The van der Waals surface area contributed by atoms with E-state index in [4.69, 9.17) is 0 Å². The molecule has 3 rings (SSSR count). The van der Waals surface area contributed by atoms with Gasteiger partial charge in [0.25, 0.3) is 15.9 Å². The molecule has 0 spiro atoms. The molecule has 0 saturated heterocycles. The van der Waals surface area contributed by atoms with E-state index in [0.717, 1.165) is 21.4 Å². The Morgan fingerprint density at radius 1 is 1.04 bits per heavy atom. The van der Waals surface area contributed by atoms with E-state index < -0.39 is 15.9 Å². The summed E-state index contributed by atoms with van der Waals surface area (Å²) in [6.07, 6.45) is 0. The van der Waals surface area contributed by atoms with Crippen LogP contribution in [-0.2, 0) is 10.0 Å². The summed E-state index contributed by atoms with van der Waals surface area (Å²) in [5.74, 6) is -0.513. The molecule has 0 fully saturated rings. The molecule has 0 radical (unpaired) electrons. The zero-order chi connectivity index (χ0) is 20.1. The third kappa shape index (κ3) is 4.86. The Morgan fingerprint density at radius 3 is 2.43 bits per heavy atom. The highest BCUT2D eigenvalue weighted by Gasteiger charge is 2.19. The summed E-state index contributed by atoms with van der Waals surface area (Å²) >= 11 is 4.47. The Morgan fingerprint density at radius 2 is 1.75 bits per heavy atom. The maximum absolute atomic E-state index is 12.6. The Bertz CT molecular complexity index is 1110. The fraction of sp³-hybridized carbons (Fsp3) is 0.0526. The fourth-order valence-electron chi connectivity index (χ4n) is 2.33. The highest BCUT2D eigenvalue weighted by molar-refractivity contribution is 9.10. The van der Waals surface area contributed by atoms with Crippen molar-refractivity contribution in [2.75, 3.05) is 4.72 Å². The first-order valence-corrected chi connectivity index (χ1v) is 11.3. The van der Waals surface area contributed by atoms with E-state index in [0.29, 0.717) is 5.71 Å². The van der Waals surface area contributed by atoms with Gasteiger partial charge in [-0.2, -0.15) is 5.10 Å². The topological polar surface area (TPSA) is 87.6 Å². The van der Waals surface area contributed by atoms with E-state index in [2.05, 4.69) is 31.2 Å². The minimum atomic E-state index is -3.76. The van der Waals surface area contributed by atoms with Crippen LogP contribution in [0.5, 0.6) is 0 Å². The molecule has 3 aromatic rings. The number of rotatable bonds is 6. The second kappa shape index (κ2) is 8.68. The predicted molar refractivity (Wildman–Crippen MR) is 115 cm³/mol. The predicted octanol–water partition coefficient (Wildman–Crippen LogP) is 4.47. The van der Waals surface area contributed by atoms with Gasteiger partial charge in [0.15, 0.2) is 0 Å². The molecule has 0 bridgehead atoms. The SMILES string of the molecule is CC(=NNC(=O)c1ccccc1NS(=O)(=O)c1cccs1)c1ccc(Br)cc1. The van der Waals surface area contributed by atoms with E-state index in [9.17, 15) is 13.2 Å². The van der Waals surface area contributed by atoms with Gasteiger partial charge in [0.2, 0.25) is 0 Å². The quantitative estimate of drug-likeness (QED) is 0.405. The van der Waals surface area contributed by atoms with Crippen LogP contribution >= 0.6 is 27.3 Å². The van der Waals surface area contributed by atoms with E-state index in [1.54, 1.807) is 30.5 Å². The molecule has 0 unspecified atom stereocenters. The van der Waals surface area contributed by atoms with E-state index in [-0.39, 0.29) is 15.5 Å². The van der Waals surface area contributed by atoms with Crippen molar-refractivity contribution in [2.24, 2.45) is 5.10 Å². The van der Waals surface area contributed by atoms with Crippen LogP contribution in [0.25, 0.3) is 0 Å². The second-order valence-corrected chi connectivity index (χ2v) is 9.50. The first kappa shape index (κ1) is 20.2. The van der Waals surface area contributed by atoms with Gasteiger partial charge in [0, 0.05) is 4.47 Å². The van der Waals surface area contributed by atoms with Gasteiger partial charge < -0.3 is 0 Å². The highest BCUT2D eigenvalue weighted by Crippen LogP contribution is 2.23. The maximum Gasteiger partial charge on any atom is 0.273 e. The summed E-state index contributed by atoms with van der Waals surface area (Å²) in [4.78, 5) is 12.6. The Labute approximate surface area is 175 Å². The van der Waals surface area contributed by atoms with Crippen molar-refractivity contribution in [1.29, 1.82) is 0 Å². The number of amides is 1. The van der Waals surface area contributed by atoms with Crippen molar-refractivity contribution >= 4 is 54.6 Å². The highest BCUT2D eigenvalue weighted by atomic mass is 79.9. The summed E-state index contributed by atoms with van der Waals surface area (Å²) in [6, 6.07) is 17.0. The number of thiophene rings is 1. The molecule has 6 nitrogen and oxygen atoms in total. The van der Waals surface area contributed by atoms with Gasteiger partial charge in [-0.3, -0.25) is 9.52 Å². The molecule has 1 heterocycles. The third-order valence-corrected chi connectivity index (χ3v) is 7.05. The van der Waals surface area contributed by atoms with Crippen LogP contribution < -0.4 is 10.1 Å². The molecule has 144 valence electrons. The van der Waals surface area contributed by atoms with Gasteiger partial charge in [-0.05, 0) is 48.2 Å². The molecule has 0 aliphatic heterocycles. The van der Waals surface area contributed by atoms with Crippen molar-refractivity contribution in [3.8, 4) is 0 Å². The van der Waals surface area contributed by atoms with Crippen molar-refractivity contribution < 1.29 is 13.2 Å². The number of carbonyl (C=O) groups excluding carboxylic acids is 1. The van der Waals surface area contributed by atoms with Crippen molar-refractivity contribution in [2.45, 2.75) is 11.1 Å². The monoisotopic (exact) mass is 477 g/mol. The number of anilines is 1. The molecule has 28 heavy (non-hydrogen) atoms. The number of sulfonamides is 1. The summed E-state index contributed by atoms with van der Waals surface area (Å²) < 4.78 is 28.5. The van der Waals surface area contributed by atoms with E-state index in [1.165, 1.54) is 18.2 Å². The number of carbonyl (C=O) groups is 1. The van der Waals surface area contributed by atoms with Gasteiger partial charge >= 0.3 is 0 Å². The molecule has 2 N–H and O–H groups in total. The molecule has 0 atom stereocenters. The molecule has 1 amide bonds. The van der Waals surface area contributed by atoms with Crippen molar-refractivity contribution in [3.63, 3.8) is 0 Å². The van der Waals surface area contributed by atoms with Gasteiger partial charge in [0.05, 0.1) is 17.0 Å². The van der Waals surface area contributed by atoms with Crippen LogP contribution in [0.1, 0.15) is 22.8 Å². The van der Waals surface area contributed by atoms with Crippen LogP contribution in [0.15, 0.2) is 79.8 Å². The minimum Gasteiger partial charge on any atom is -0.278 e. The number of benzene rings is 2. The number of nitrogens with one attached hydrogen (secondary N) is 2. The molecule has 2 aromatic carbocycles. The number of para-hydroxylation sites is 1. The first-order valence-electron chi connectivity index (χ1n) is 8.13. The van der Waals surface area contributed by atoms with Crippen LogP contribution in [0.2, 0.25) is 0 Å². The average molecular weight is 478 g/mol. The lowest BCUT2D eigenvalue weighted by molar-refractivity contribution is 0.0955. The fourth-order valence-corrected chi connectivity index (χ4v) is 4.67. The van der Waals surface area contributed by atoms with Gasteiger partial charge in [-0.25, -0.2) is 13.8 Å². The van der Waals surface area contributed by atoms with Crippen LogP contribution in [-0.4, -0.2) is 20.0 Å². The molecule has 9 heteroatoms. The summed E-state index contributed by atoms with van der Waals surface area (Å²) in [5.41, 5.74) is 4.32. The van der Waals surface area contributed by atoms with Gasteiger partial charge in [-0.1, -0.05) is 46.3 Å². The lowest BCUT2D eigenvalue weighted by Crippen LogP contribution is -2.22. The van der Waals surface area contributed by atoms with Crippen LogP contribution in [0.4, 0.5) is 5.69 Å². The molecule has 1 aromatic heterocycles. The Hall–Kier alpha value is -2.49. The van der Waals surface area contributed by atoms with E-state index >= 15 is 0 Å². The van der Waals surface area contributed by atoms with Gasteiger partial charge in [0.1, 0.15) is 4.21 Å². The zero-order valence-corrected chi connectivity index (χ0v) is 17.9. The summed E-state index contributed by atoms with van der Waals surface area (Å²) in [6.45, 7) is 1.77. The lowest BCUT2D eigenvalue weighted by Gasteiger charge is -2.11. The molecular formula is C19H16BrN3O3S2. The lowest BCUT2D eigenvalue weighted by atomic mass is 10.1. The number of halogens is 1. The van der Waals surface area contributed by atoms with Crippen LogP contribution in [0.3, 0.4) is 0 Å². The molecule has 0 saturated carbocycles. The zero-order valence-electron chi connectivity index (χ0n) is 14.7. The van der Waals surface area contributed by atoms with E-state index in [1.807, 2.05) is 24.3 Å². The normalized spacial score (nSPS) is 11.9. The number of hydrogen-bond acceptors (Lipinski definition) is 5. The van der Waals surface area contributed by atoms with Gasteiger partial charge in [-0.15, -0.1) is 11.3 Å². The Balaban J connectivity index is 1.79. The first-order chi connectivity index (χ1) is 13.4. The van der Waals surface area contributed by atoms with Crippen molar-refractivity contribution in [3.05, 3.63) is 81.6 Å². The second-order valence-electron chi connectivity index (χ2n) is 5.73. The van der Waals surface area contributed by atoms with Crippen LogP contribution in [0, 0.1) is 0 Å². The molecule has 0 aliphatic rings. The standard InChI is InChI=1S/C19H16BrN3O3S2/c1-13(14-8-10-15(20)11-9-14)21-22-19(24)16-5-2-3-6-17(16)23-28(25,26)18-7-4-12-27-18/h2-12,23H,1H3,(H,22,24). The average Bonchev–Trinajstić information content (AvgIpc) is 3.22. The summed E-state index contributed by atoms with van der Waals surface area (Å²) in [5, 5.41) is 5.79. The molecule has 0 aliphatic carbocycles. The minimum absolute atomic E-state index is 0.173. The smallest absolute Gasteiger partial charge is 0.273 e. The molecular weight excluding hydrogens is 462 g/mol. The third-order valence-electron chi connectivity index (χ3n) is 3.76. The largest absolute Gasteiger partial charge is 0.278 e. The Kier molecular flexibility index (Phi) is 6.28. The number of hydrazone groups is 1. The summed E-state index contributed by atoms with van der Waals surface area (Å²) in [7, 11) is -3.76. The number of hydrogen-bond donors (Lipinski definition) is 2. The maximum atomic E-state index is 12.6. The van der Waals surface area contributed by atoms with Crippen molar-refractivity contribution in [1.82, 2.24) is 5.43 Å².